The number of nitrogen functional groups attached to an aromatic ring is 1. The van der Waals surface area contributed by atoms with Crippen molar-refractivity contribution in [2.24, 2.45) is 0 Å². The Bertz CT molecular complexity index is 413. The smallest absolute Gasteiger partial charge is 0.125 e. The first-order chi connectivity index (χ1) is 8.25. The molecule has 17 heavy (non-hydrogen) atoms. The zero-order valence-corrected chi connectivity index (χ0v) is 10.0. The fraction of sp³-hybridized carbons (Fsp3) is 0.429. The summed E-state index contributed by atoms with van der Waals surface area (Å²) >= 11 is 0. The molecule has 0 amide bonds. The van der Waals surface area contributed by atoms with Crippen molar-refractivity contribution in [2.75, 3.05) is 17.6 Å². The van der Waals surface area contributed by atoms with Gasteiger partial charge in [0, 0.05) is 6.54 Å². The molecule has 3 N–H and O–H groups in total. The van der Waals surface area contributed by atoms with E-state index in [2.05, 4.69) is 11.4 Å². The van der Waals surface area contributed by atoms with Crippen LogP contribution in [0.25, 0.3) is 0 Å². The van der Waals surface area contributed by atoms with E-state index in [0.717, 1.165) is 18.7 Å². The van der Waals surface area contributed by atoms with Gasteiger partial charge < -0.3 is 11.1 Å². The lowest BCUT2D eigenvalue weighted by Crippen LogP contribution is -2.06. The van der Waals surface area contributed by atoms with Crippen LogP contribution in [0.1, 0.15) is 32.1 Å². The average Bonchev–Trinajstić information content (AvgIpc) is 2.33. The lowest BCUT2D eigenvalue weighted by atomic mass is 9.97. The van der Waals surface area contributed by atoms with Gasteiger partial charge in [0.05, 0.1) is 11.4 Å². The number of allylic oxidation sites excluding steroid dienone is 1. The molecule has 0 saturated heterocycles. The van der Waals surface area contributed by atoms with E-state index in [0.29, 0.717) is 5.69 Å². The molecule has 0 heterocycles. The quantitative estimate of drug-likeness (QED) is 0.615. The first kappa shape index (κ1) is 12.0. The van der Waals surface area contributed by atoms with Crippen LogP contribution >= 0.6 is 0 Å². The fourth-order valence-corrected chi connectivity index (χ4v) is 2.18. The van der Waals surface area contributed by atoms with E-state index in [1.165, 1.54) is 43.4 Å². The Morgan fingerprint density at radius 3 is 2.88 bits per heavy atom. The van der Waals surface area contributed by atoms with Crippen LogP contribution in [0.5, 0.6) is 0 Å². The summed E-state index contributed by atoms with van der Waals surface area (Å²) in [6.45, 7) is 0.863. The molecule has 0 saturated carbocycles. The van der Waals surface area contributed by atoms with Crippen molar-refractivity contribution in [1.29, 1.82) is 0 Å². The van der Waals surface area contributed by atoms with Gasteiger partial charge in [-0.3, -0.25) is 0 Å². The molecule has 0 unspecified atom stereocenters. The first-order valence-electron chi connectivity index (χ1n) is 6.22. The molecule has 3 heteroatoms. The number of halogens is 1. The summed E-state index contributed by atoms with van der Waals surface area (Å²) in [5.41, 5.74) is 8.55. The number of benzene rings is 1. The maximum Gasteiger partial charge on any atom is 0.125 e. The van der Waals surface area contributed by atoms with Crippen LogP contribution in [0.3, 0.4) is 0 Å². The molecule has 92 valence electrons. The molecular formula is C14H19FN2. The van der Waals surface area contributed by atoms with Gasteiger partial charge >= 0.3 is 0 Å². The van der Waals surface area contributed by atoms with Gasteiger partial charge in [-0.1, -0.05) is 11.6 Å². The highest BCUT2D eigenvalue weighted by Gasteiger charge is 2.04. The second-order valence-electron chi connectivity index (χ2n) is 4.52. The predicted octanol–water partition coefficient (Wildman–Crippen LogP) is 3.71. The molecule has 0 bridgehead atoms. The van der Waals surface area contributed by atoms with Crippen molar-refractivity contribution in [3.63, 3.8) is 0 Å². The standard InChI is InChI=1S/C14H19FN2/c15-12-6-7-14(13(16)10-12)17-9-8-11-4-2-1-3-5-11/h4,6-7,10,17H,1-3,5,8-9,16H2. The minimum absolute atomic E-state index is 0.289. The summed E-state index contributed by atoms with van der Waals surface area (Å²) in [6, 6.07) is 4.47. The molecular weight excluding hydrogens is 215 g/mol. The molecule has 0 radical (unpaired) electrons. The summed E-state index contributed by atoms with van der Waals surface area (Å²) in [6.07, 6.45) is 8.47. The first-order valence-corrected chi connectivity index (χ1v) is 6.22. The van der Waals surface area contributed by atoms with Crippen LogP contribution in [0, 0.1) is 5.82 Å². The van der Waals surface area contributed by atoms with Gasteiger partial charge in [-0.05, 0) is 50.3 Å². The van der Waals surface area contributed by atoms with E-state index in [-0.39, 0.29) is 5.82 Å². The van der Waals surface area contributed by atoms with E-state index in [9.17, 15) is 4.39 Å². The van der Waals surface area contributed by atoms with Crippen LogP contribution in [0.4, 0.5) is 15.8 Å². The number of rotatable bonds is 4. The predicted molar refractivity (Wildman–Crippen MR) is 70.5 cm³/mol. The summed E-state index contributed by atoms with van der Waals surface area (Å²) in [7, 11) is 0. The summed E-state index contributed by atoms with van der Waals surface area (Å²) in [5, 5.41) is 3.25. The number of anilines is 2. The third kappa shape index (κ3) is 3.48. The van der Waals surface area contributed by atoms with Gasteiger partial charge in [-0.25, -0.2) is 4.39 Å². The van der Waals surface area contributed by atoms with Crippen molar-refractivity contribution in [3.8, 4) is 0 Å². The van der Waals surface area contributed by atoms with Crippen molar-refractivity contribution in [1.82, 2.24) is 0 Å². The van der Waals surface area contributed by atoms with E-state index in [1.807, 2.05) is 0 Å². The van der Waals surface area contributed by atoms with E-state index in [1.54, 1.807) is 6.07 Å². The fourth-order valence-electron chi connectivity index (χ4n) is 2.18. The Balaban J connectivity index is 1.83. The van der Waals surface area contributed by atoms with Crippen LogP contribution in [0.2, 0.25) is 0 Å². The van der Waals surface area contributed by atoms with E-state index >= 15 is 0 Å². The lowest BCUT2D eigenvalue weighted by Gasteiger charge is -2.14. The zero-order chi connectivity index (χ0) is 12.1. The normalized spacial score (nSPS) is 15.5. The van der Waals surface area contributed by atoms with Gasteiger partial charge in [0.2, 0.25) is 0 Å². The molecule has 1 aliphatic rings. The van der Waals surface area contributed by atoms with E-state index < -0.39 is 0 Å². The van der Waals surface area contributed by atoms with E-state index in [4.69, 9.17) is 5.73 Å². The number of nitrogens with one attached hydrogen (secondary N) is 1. The Kier molecular flexibility index (Phi) is 4.02. The molecule has 2 nitrogen and oxygen atoms in total. The second-order valence-corrected chi connectivity index (χ2v) is 4.52. The number of hydrogen-bond donors (Lipinski definition) is 2. The highest BCUT2D eigenvalue weighted by Crippen LogP contribution is 2.22. The maximum absolute atomic E-state index is 12.8. The van der Waals surface area contributed by atoms with Crippen LogP contribution in [-0.4, -0.2) is 6.54 Å². The average molecular weight is 234 g/mol. The zero-order valence-electron chi connectivity index (χ0n) is 10.0. The SMILES string of the molecule is Nc1cc(F)ccc1NCCC1=CCCCC1. The monoisotopic (exact) mass is 234 g/mol. The molecule has 1 aromatic carbocycles. The highest BCUT2D eigenvalue weighted by atomic mass is 19.1. The number of nitrogens with two attached hydrogens (primary N) is 1. The minimum Gasteiger partial charge on any atom is -0.397 e. The molecule has 1 aromatic rings. The maximum atomic E-state index is 12.8. The molecule has 0 spiro atoms. The summed E-state index contributed by atoms with van der Waals surface area (Å²) in [4.78, 5) is 0. The molecule has 0 atom stereocenters. The molecule has 0 aromatic heterocycles. The summed E-state index contributed by atoms with van der Waals surface area (Å²) < 4.78 is 12.8. The van der Waals surface area contributed by atoms with Crippen molar-refractivity contribution < 1.29 is 4.39 Å². The Morgan fingerprint density at radius 2 is 2.18 bits per heavy atom. The minimum atomic E-state index is -0.289. The van der Waals surface area contributed by atoms with Crippen LogP contribution in [-0.2, 0) is 0 Å². The van der Waals surface area contributed by atoms with Crippen LogP contribution < -0.4 is 11.1 Å². The van der Waals surface area contributed by atoms with Gasteiger partial charge in [-0.15, -0.1) is 0 Å². The Hall–Kier alpha value is -1.51. The van der Waals surface area contributed by atoms with Crippen molar-refractivity contribution in [2.45, 2.75) is 32.1 Å². The third-order valence-electron chi connectivity index (χ3n) is 3.16. The van der Waals surface area contributed by atoms with Gasteiger partial charge in [-0.2, -0.15) is 0 Å². The largest absolute Gasteiger partial charge is 0.397 e. The van der Waals surface area contributed by atoms with Gasteiger partial charge in [0.1, 0.15) is 5.82 Å². The van der Waals surface area contributed by atoms with Crippen molar-refractivity contribution in [3.05, 3.63) is 35.7 Å². The lowest BCUT2D eigenvalue weighted by molar-refractivity contribution is 0.628. The van der Waals surface area contributed by atoms with Crippen molar-refractivity contribution >= 4 is 11.4 Å². The van der Waals surface area contributed by atoms with Crippen LogP contribution in [0.15, 0.2) is 29.8 Å². The molecule has 1 aliphatic carbocycles. The highest BCUT2D eigenvalue weighted by molar-refractivity contribution is 5.65. The molecule has 0 aliphatic heterocycles. The Labute approximate surface area is 102 Å². The molecule has 2 rings (SSSR count). The summed E-state index contributed by atoms with van der Waals surface area (Å²) in [5.74, 6) is -0.289. The second kappa shape index (κ2) is 5.71. The van der Waals surface area contributed by atoms with Gasteiger partial charge in [0.25, 0.3) is 0 Å². The van der Waals surface area contributed by atoms with Gasteiger partial charge in [0.15, 0.2) is 0 Å². The third-order valence-corrected chi connectivity index (χ3v) is 3.16. The Morgan fingerprint density at radius 1 is 1.29 bits per heavy atom. The number of hydrogen-bond acceptors (Lipinski definition) is 2. The molecule has 0 fully saturated rings. The topological polar surface area (TPSA) is 38.0 Å².